The van der Waals surface area contributed by atoms with Gasteiger partial charge in [0.15, 0.2) is 5.60 Å². The summed E-state index contributed by atoms with van der Waals surface area (Å²) < 4.78 is 30.2. The molecule has 8 rings (SSSR count). The monoisotopic (exact) mass is 874 g/mol. The molecule has 0 unspecified atom stereocenters. The lowest BCUT2D eigenvalue weighted by Crippen LogP contribution is -2.60. The van der Waals surface area contributed by atoms with Crippen LogP contribution in [-0.2, 0) is 50.8 Å². The molecule has 19 heteroatoms. The molecule has 328 valence electrons. The predicted octanol–water partition coefficient (Wildman–Crippen LogP) is 2.73. The molecule has 0 bridgehead atoms. The Balaban J connectivity index is 0.888. The van der Waals surface area contributed by atoms with Gasteiger partial charge in [-0.2, -0.15) is 0 Å². The van der Waals surface area contributed by atoms with Gasteiger partial charge in [-0.25, -0.2) is 19.4 Å². The number of amides is 2. The standard InChI is InChI=1S/C43H46N4O14S/c1-5-23-25-15-22(8-9-29(25)44-33-26(23)17-47-30(33)16-28-27(38(47)52)20-57-40(53)43(28,56)6-2)59-42(55)46(4)13-12-45(3)41(54)58-19-21-7-10-31(24-11-14-62-37(21)24)60-39-36(51)35(50)34(49)32(18-48)61-39/h7-11,14-16,32,34-36,39,48-51,56H,5-6,12-13,17-20H2,1-4H3/t32-,34+,35+,36-,39-,43-/m1/s1. The van der Waals surface area contributed by atoms with Gasteiger partial charge in [0.2, 0.25) is 6.29 Å². The number of rotatable bonds is 11. The maximum absolute atomic E-state index is 13.7. The van der Waals surface area contributed by atoms with Crippen LogP contribution in [0.15, 0.2) is 52.6 Å². The second-order valence-electron chi connectivity index (χ2n) is 15.5. The van der Waals surface area contributed by atoms with E-state index in [0.29, 0.717) is 40.0 Å². The highest BCUT2D eigenvalue weighted by Gasteiger charge is 2.46. The average Bonchev–Trinajstić information content (AvgIpc) is 3.92. The number of fused-ring (bicyclic) bond motifs is 6. The van der Waals surface area contributed by atoms with E-state index in [0.717, 1.165) is 21.2 Å². The molecule has 6 atom stereocenters. The molecule has 3 aromatic heterocycles. The molecular formula is C43H46N4O14S. The summed E-state index contributed by atoms with van der Waals surface area (Å²) in [6, 6.07) is 11.8. The summed E-state index contributed by atoms with van der Waals surface area (Å²) in [6.45, 7) is 3.21. The minimum Gasteiger partial charge on any atom is -0.461 e. The number of carbonyl (C=O) groups is 3. The molecule has 5 N–H and O–H groups in total. The first-order valence-electron chi connectivity index (χ1n) is 20.1. The number of esters is 1. The smallest absolute Gasteiger partial charge is 0.415 e. The van der Waals surface area contributed by atoms with Crippen LogP contribution in [0.5, 0.6) is 11.5 Å². The van der Waals surface area contributed by atoms with Crippen molar-refractivity contribution in [1.82, 2.24) is 19.4 Å². The lowest BCUT2D eigenvalue weighted by Gasteiger charge is -2.39. The second kappa shape index (κ2) is 16.9. The van der Waals surface area contributed by atoms with Gasteiger partial charge in [-0.3, -0.25) is 4.79 Å². The highest BCUT2D eigenvalue weighted by molar-refractivity contribution is 7.17. The van der Waals surface area contributed by atoms with Gasteiger partial charge in [-0.1, -0.05) is 19.9 Å². The van der Waals surface area contributed by atoms with Gasteiger partial charge in [0.1, 0.15) is 49.1 Å². The number of aryl methyl sites for hydroxylation is 1. The van der Waals surface area contributed by atoms with Gasteiger partial charge in [-0.15, -0.1) is 11.3 Å². The van der Waals surface area contributed by atoms with Crippen molar-refractivity contribution in [2.45, 2.75) is 82.8 Å². The zero-order chi connectivity index (χ0) is 44.2. The zero-order valence-electron chi connectivity index (χ0n) is 34.3. The number of likely N-dealkylation sites (N-methyl/N-ethyl adjacent to an activating group) is 2. The van der Waals surface area contributed by atoms with E-state index >= 15 is 0 Å². The van der Waals surface area contributed by atoms with Crippen molar-refractivity contribution < 1.29 is 63.6 Å². The van der Waals surface area contributed by atoms with Crippen molar-refractivity contribution >= 4 is 50.5 Å². The molecule has 0 spiro atoms. The fraction of sp³-hybridized carbons (Fsp3) is 0.419. The second-order valence-corrected chi connectivity index (χ2v) is 16.4. The van der Waals surface area contributed by atoms with Crippen LogP contribution in [0, 0.1) is 0 Å². The Morgan fingerprint density at radius 3 is 2.45 bits per heavy atom. The molecule has 0 aliphatic carbocycles. The van der Waals surface area contributed by atoms with Gasteiger partial charge < -0.3 is 63.6 Å². The van der Waals surface area contributed by atoms with Gasteiger partial charge >= 0.3 is 18.2 Å². The van der Waals surface area contributed by atoms with Crippen LogP contribution in [0.4, 0.5) is 9.59 Å². The third-order valence-electron chi connectivity index (χ3n) is 11.8. The molecule has 0 radical (unpaired) electrons. The molecule has 2 aromatic carbocycles. The quantitative estimate of drug-likeness (QED) is 0.118. The van der Waals surface area contributed by atoms with E-state index in [1.807, 2.05) is 12.3 Å². The maximum Gasteiger partial charge on any atom is 0.415 e. The molecule has 2 amide bonds. The number of benzene rings is 2. The summed E-state index contributed by atoms with van der Waals surface area (Å²) in [5.74, 6) is -0.204. The summed E-state index contributed by atoms with van der Waals surface area (Å²) >= 11 is 1.37. The van der Waals surface area contributed by atoms with E-state index in [4.69, 9.17) is 28.7 Å². The van der Waals surface area contributed by atoms with Gasteiger partial charge in [0, 0.05) is 59.3 Å². The number of aliphatic hydroxyl groups excluding tert-OH is 4. The van der Waals surface area contributed by atoms with Crippen LogP contribution >= 0.6 is 11.3 Å². The van der Waals surface area contributed by atoms with Crippen LogP contribution in [0.2, 0.25) is 0 Å². The van der Waals surface area contributed by atoms with Crippen LogP contribution in [0.25, 0.3) is 32.4 Å². The molecule has 3 aliphatic heterocycles. The number of carbonyl (C=O) groups excluding carboxylic acids is 3. The summed E-state index contributed by atoms with van der Waals surface area (Å²) in [5, 5.41) is 54.6. The fourth-order valence-electron chi connectivity index (χ4n) is 8.12. The first-order valence-corrected chi connectivity index (χ1v) is 21.0. The Morgan fingerprint density at radius 2 is 1.73 bits per heavy atom. The van der Waals surface area contributed by atoms with E-state index in [-0.39, 0.29) is 61.7 Å². The molecule has 6 heterocycles. The largest absolute Gasteiger partial charge is 0.461 e. The van der Waals surface area contributed by atoms with Crippen LogP contribution < -0.4 is 15.0 Å². The highest BCUT2D eigenvalue weighted by atomic mass is 32.1. The lowest BCUT2D eigenvalue weighted by atomic mass is 9.86. The number of thiophene rings is 1. The van der Waals surface area contributed by atoms with E-state index in [2.05, 4.69) is 0 Å². The first-order chi connectivity index (χ1) is 29.7. The van der Waals surface area contributed by atoms with E-state index in [9.17, 15) is 44.7 Å². The van der Waals surface area contributed by atoms with Crippen LogP contribution in [0.1, 0.15) is 48.1 Å². The summed E-state index contributed by atoms with van der Waals surface area (Å²) in [5.41, 5.74) is 2.29. The Bertz CT molecular complexity index is 2650. The number of nitrogens with zero attached hydrogens (tertiary/aromatic N) is 4. The molecule has 1 saturated heterocycles. The van der Waals surface area contributed by atoms with Crippen LogP contribution in [0.3, 0.4) is 0 Å². The fourth-order valence-corrected chi connectivity index (χ4v) is 9.03. The van der Waals surface area contributed by atoms with Crippen molar-refractivity contribution in [3.8, 4) is 22.9 Å². The van der Waals surface area contributed by atoms with Crippen molar-refractivity contribution in [1.29, 1.82) is 0 Å². The summed E-state index contributed by atoms with van der Waals surface area (Å²) in [6.07, 6.45) is -7.85. The molecule has 62 heavy (non-hydrogen) atoms. The maximum atomic E-state index is 13.7. The Morgan fingerprint density at radius 1 is 0.968 bits per heavy atom. The average molecular weight is 875 g/mol. The number of hydrogen-bond donors (Lipinski definition) is 5. The Kier molecular flexibility index (Phi) is 11.7. The third-order valence-corrected chi connectivity index (χ3v) is 12.8. The Labute approximate surface area is 358 Å². The zero-order valence-corrected chi connectivity index (χ0v) is 35.1. The SMILES string of the molecule is CCc1c2c(nc3ccc(OC(=O)N(C)CCN(C)C(=O)OCc4ccc(O[C@@H]5O[C@H](CO)[C@H](O)[C@H](O)[C@H]5O)c5ccsc45)cc13)-c1cc3c(c(=O)n1C2)COC(=O)[C@@]3(O)CC. The number of aromatic nitrogens is 2. The lowest BCUT2D eigenvalue weighted by molar-refractivity contribution is -0.277. The van der Waals surface area contributed by atoms with Crippen molar-refractivity contribution in [2.75, 3.05) is 33.8 Å². The minimum absolute atomic E-state index is 0.0377. The molecule has 5 aromatic rings. The number of cyclic esters (lactones) is 1. The number of hydrogen-bond acceptors (Lipinski definition) is 16. The van der Waals surface area contributed by atoms with Gasteiger partial charge in [-0.05, 0) is 60.2 Å². The van der Waals surface area contributed by atoms with Crippen LogP contribution in [-0.4, -0.2) is 128 Å². The molecule has 18 nitrogen and oxygen atoms in total. The summed E-state index contributed by atoms with van der Waals surface area (Å²) in [7, 11) is 3.09. The molecule has 1 fully saturated rings. The molecule has 0 saturated carbocycles. The number of aliphatic hydroxyl groups is 5. The number of ether oxygens (including phenoxy) is 5. The van der Waals surface area contributed by atoms with Gasteiger partial charge in [0.25, 0.3) is 5.56 Å². The third kappa shape index (κ3) is 7.42. The normalized spacial score (nSPS) is 22.7. The highest BCUT2D eigenvalue weighted by Crippen LogP contribution is 2.41. The van der Waals surface area contributed by atoms with Crippen molar-refractivity contribution in [2.24, 2.45) is 0 Å². The predicted molar refractivity (Wildman–Crippen MR) is 222 cm³/mol. The Hall–Kier alpha value is -5.67. The topological polar surface area (TPSA) is 240 Å². The van der Waals surface area contributed by atoms with E-state index in [1.165, 1.54) is 21.1 Å². The molecule has 3 aliphatic rings. The molecular weight excluding hydrogens is 829 g/mol. The van der Waals surface area contributed by atoms with Crippen molar-refractivity contribution in [3.05, 3.63) is 86.0 Å². The first kappa shape index (κ1) is 43.0. The van der Waals surface area contributed by atoms with Gasteiger partial charge in [0.05, 0.1) is 35.6 Å². The number of pyridine rings is 2. The van der Waals surface area contributed by atoms with E-state index < -0.39 is 61.1 Å². The summed E-state index contributed by atoms with van der Waals surface area (Å²) in [4.78, 5) is 60.1. The van der Waals surface area contributed by atoms with E-state index in [1.54, 1.807) is 68.1 Å². The minimum atomic E-state index is -1.93. The van der Waals surface area contributed by atoms with Crippen molar-refractivity contribution in [3.63, 3.8) is 0 Å².